The van der Waals surface area contributed by atoms with Crippen LogP contribution >= 0.6 is 11.5 Å². The van der Waals surface area contributed by atoms with Gasteiger partial charge in [-0.25, -0.2) is 4.68 Å². The van der Waals surface area contributed by atoms with Crippen molar-refractivity contribution < 1.29 is 4.79 Å². The van der Waals surface area contributed by atoms with Gasteiger partial charge < -0.3 is 5.32 Å². The Labute approximate surface area is 137 Å². The lowest BCUT2D eigenvalue weighted by atomic mass is 10.1. The highest BCUT2D eigenvalue weighted by atomic mass is 32.1. The van der Waals surface area contributed by atoms with E-state index in [0.29, 0.717) is 16.8 Å². The van der Waals surface area contributed by atoms with Gasteiger partial charge in [-0.2, -0.15) is 14.7 Å². The van der Waals surface area contributed by atoms with E-state index in [-0.39, 0.29) is 5.91 Å². The van der Waals surface area contributed by atoms with Crippen LogP contribution in [0.25, 0.3) is 5.69 Å². The minimum atomic E-state index is -0.765. The third-order valence-corrected chi connectivity index (χ3v) is 4.08. The molecular weight excluding hydrogens is 310 g/mol. The van der Waals surface area contributed by atoms with E-state index in [1.807, 2.05) is 30.3 Å². The van der Waals surface area contributed by atoms with Crippen LogP contribution in [0.3, 0.4) is 0 Å². The maximum Gasteiger partial charge on any atom is 0.255 e. The van der Waals surface area contributed by atoms with Crippen LogP contribution in [-0.4, -0.2) is 20.1 Å². The van der Waals surface area contributed by atoms with Crippen molar-refractivity contribution in [2.45, 2.75) is 13.0 Å². The molecule has 23 heavy (non-hydrogen) atoms. The maximum atomic E-state index is 12.2. The van der Waals surface area contributed by atoms with Gasteiger partial charge in [-0.05, 0) is 30.6 Å². The fraction of sp³-hybridized carbons (Fsp3) is 0.125. The van der Waals surface area contributed by atoms with E-state index in [1.165, 1.54) is 11.5 Å². The molecule has 1 atom stereocenters. The third kappa shape index (κ3) is 3.12. The van der Waals surface area contributed by atoms with Crippen LogP contribution in [0.2, 0.25) is 0 Å². The SMILES string of the molecule is Cc1nscc1C(=O)N[C@@H](C#N)c1cnn(-c2ccccc2)c1. The maximum absolute atomic E-state index is 12.2. The second-order valence-electron chi connectivity index (χ2n) is 4.90. The standard InChI is InChI=1S/C16H13N5OS/c1-11-14(10-23-20-11)16(22)19-15(7-17)12-8-18-21(9-12)13-5-3-2-4-6-13/h2-6,8-10,15H,1H3,(H,19,22)/t15-/m0/s1. The number of carbonyl (C=O) groups is 1. The van der Waals surface area contributed by atoms with E-state index in [9.17, 15) is 10.1 Å². The molecule has 0 unspecified atom stereocenters. The first-order valence-corrected chi connectivity index (χ1v) is 7.74. The number of para-hydroxylation sites is 1. The molecule has 6 nitrogen and oxygen atoms in total. The number of nitrogens with one attached hydrogen (secondary N) is 1. The van der Waals surface area contributed by atoms with E-state index in [1.54, 1.807) is 29.4 Å². The van der Waals surface area contributed by atoms with Crippen molar-refractivity contribution in [3.63, 3.8) is 0 Å². The monoisotopic (exact) mass is 323 g/mol. The van der Waals surface area contributed by atoms with Crippen LogP contribution in [0.1, 0.15) is 27.7 Å². The van der Waals surface area contributed by atoms with Gasteiger partial charge in [0, 0.05) is 17.1 Å². The molecule has 1 amide bonds. The summed E-state index contributed by atoms with van der Waals surface area (Å²) in [5, 5.41) is 18.0. The molecule has 3 rings (SSSR count). The summed E-state index contributed by atoms with van der Waals surface area (Å²) in [6.07, 6.45) is 3.32. The molecule has 0 fully saturated rings. The molecule has 0 aliphatic rings. The average molecular weight is 323 g/mol. The number of aryl methyl sites for hydroxylation is 1. The smallest absolute Gasteiger partial charge is 0.255 e. The van der Waals surface area contributed by atoms with E-state index in [4.69, 9.17) is 0 Å². The topological polar surface area (TPSA) is 83.6 Å². The van der Waals surface area contributed by atoms with E-state index >= 15 is 0 Å². The second-order valence-corrected chi connectivity index (χ2v) is 5.53. The minimum Gasteiger partial charge on any atom is -0.332 e. The van der Waals surface area contributed by atoms with E-state index < -0.39 is 6.04 Å². The van der Waals surface area contributed by atoms with Gasteiger partial charge in [-0.15, -0.1) is 0 Å². The Kier molecular flexibility index (Phi) is 4.17. The molecule has 114 valence electrons. The molecule has 0 radical (unpaired) electrons. The number of carbonyl (C=O) groups excluding carboxylic acids is 1. The van der Waals surface area contributed by atoms with Gasteiger partial charge in [-0.1, -0.05) is 18.2 Å². The van der Waals surface area contributed by atoms with Gasteiger partial charge in [0.1, 0.15) is 6.04 Å². The lowest BCUT2D eigenvalue weighted by molar-refractivity contribution is 0.0945. The first-order valence-electron chi connectivity index (χ1n) is 6.90. The number of nitriles is 1. The van der Waals surface area contributed by atoms with Gasteiger partial charge in [0.15, 0.2) is 0 Å². The highest BCUT2D eigenvalue weighted by Crippen LogP contribution is 2.16. The van der Waals surface area contributed by atoms with Crippen molar-refractivity contribution in [1.82, 2.24) is 19.5 Å². The molecule has 0 saturated heterocycles. The molecule has 0 spiro atoms. The van der Waals surface area contributed by atoms with E-state index in [2.05, 4.69) is 20.9 Å². The molecule has 2 aromatic heterocycles. The molecule has 3 aromatic rings. The fourth-order valence-corrected chi connectivity index (χ4v) is 2.81. The van der Waals surface area contributed by atoms with Crippen LogP contribution in [0.15, 0.2) is 48.1 Å². The second kappa shape index (κ2) is 6.42. The highest BCUT2D eigenvalue weighted by Gasteiger charge is 2.19. The Bertz CT molecular complexity index is 862. The summed E-state index contributed by atoms with van der Waals surface area (Å²) < 4.78 is 5.74. The van der Waals surface area contributed by atoms with Crippen molar-refractivity contribution >= 4 is 17.4 Å². The number of nitrogens with zero attached hydrogens (tertiary/aromatic N) is 4. The zero-order chi connectivity index (χ0) is 16.2. The molecule has 1 aromatic carbocycles. The average Bonchev–Trinajstić information content (AvgIpc) is 3.22. The molecule has 0 saturated carbocycles. The van der Waals surface area contributed by atoms with Gasteiger partial charge in [0.25, 0.3) is 5.91 Å². The summed E-state index contributed by atoms with van der Waals surface area (Å²) in [7, 11) is 0. The number of aromatic nitrogens is 3. The molecule has 1 N–H and O–H groups in total. The normalized spacial score (nSPS) is 11.7. The summed E-state index contributed by atoms with van der Waals surface area (Å²) in [6, 6.07) is 10.9. The van der Waals surface area contributed by atoms with Gasteiger partial charge in [-0.3, -0.25) is 4.79 Å². The largest absolute Gasteiger partial charge is 0.332 e. The molecular formula is C16H13N5OS. The zero-order valence-electron chi connectivity index (χ0n) is 12.3. The van der Waals surface area contributed by atoms with Crippen molar-refractivity contribution in [3.8, 4) is 11.8 Å². The Morgan fingerprint density at radius 3 is 2.83 bits per heavy atom. The van der Waals surface area contributed by atoms with Crippen molar-refractivity contribution in [3.05, 3.63) is 64.9 Å². The first kappa shape index (κ1) is 14.9. The Hall–Kier alpha value is -2.98. The molecule has 0 aliphatic carbocycles. The quantitative estimate of drug-likeness (QED) is 0.800. The lowest BCUT2D eigenvalue weighted by Crippen LogP contribution is -2.27. The molecule has 7 heteroatoms. The van der Waals surface area contributed by atoms with Crippen LogP contribution in [0.4, 0.5) is 0 Å². The fourth-order valence-electron chi connectivity index (χ4n) is 2.12. The van der Waals surface area contributed by atoms with Crippen LogP contribution < -0.4 is 5.32 Å². The molecule has 0 bridgehead atoms. The van der Waals surface area contributed by atoms with Crippen LogP contribution in [0, 0.1) is 18.3 Å². The lowest BCUT2D eigenvalue weighted by Gasteiger charge is -2.09. The summed E-state index contributed by atoms with van der Waals surface area (Å²) in [4.78, 5) is 12.2. The van der Waals surface area contributed by atoms with Gasteiger partial charge >= 0.3 is 0 Å². The van der Waals surface area contributed by atoms with Crippen molar-refractivity contribution in [2.24, 2.45) is 0 Å². The Morgan fingerprint density at radius 2 is 2.17 bits per heavy atom. The summed E-state index contributed by atoms with van der Waals surface area (Å²) in [5.41, 5.74) is 2.67. The Morgan fingerprint density at radius 1 is 1.39 bits per heavy atom. The van der Waals surface area contributed by atoms with Crippen LogP contribution in [0.5, 0.6) is 0 Å². The van der Waals surface area contributed by atoms with Crippen molar-refractivity contribution in [1.29, 1.82) is 5.26 Å². The predicted molar refractivity (Wildman–Crippen MR) is 86.2 cm³/mol. The Balaban J connectivity index is 1.80. The van der Waals surface area contributed by atoms with Gasteiger partial charge in [0.2, 0.25) is 0 Å². The predicted octanol–water partition coefficient (Wildman–Crippen LogP) is 2.63. The first-order chi connectivity index (χ1) is 11.2. The summed E-state index contributed by atoms with van der Waals surface area (Å²) in [5.74, 6) is -0.310. The summed E-state index contributed by atoms with van der Waals surface area (Å²) in [6.45, 7) is 1.76. The number of hydrogen-bond donors (Lipinski definition) is 1. The van der Waals surface area contributed by atoms with E-state index in [0.717, 1.165) is 5.69 Å². The number of benzene rings is 1. The minimum absolute atomic E-state index is 0.310. The molecule has 0 aliphatic heterocycles. The highest BCUT2D eigenvalue weighted by molar-refractivity contribution is 7.03. The number of rotatable bonds is 4. The van der Waals surface area contributed by atoms with Crippen molar-refractivity contribution in [2.75, 3.05) is 0 Å². The molecule has 2 heterocycles. The summed E-state index contributed by atoms with van der Waals surface area (Å²) >= 11 is 1.22. The van der Waals surface area contributed by atoms with Gasteiger partial charge in [0.05, 0.1) is 29.2 Å². The number of amides is 1. The third-order valence-electron chi connectivity index (χ3n) is 3.36. The number of hydrogen-bond acceptors (Lipinski definition) is 5. The zero-order valence-corrected chi connectivity index (χ0v) is 13.1. The van der Waals surface area contributed by atoms with Crippen LogP contribution in [-0.2, 0) is 0 Å².